The molecule has 0 aliphatic carbocycles. The van der Waals surface area contributed by atoms with E-state index in [1.807, 2.05) is 42.5 Å². The number of nitrogens with one attached hydrogen (secondary N) is 1. The molecule has 0 saturated carbocycles. The molecule has 0 fully saturated rings. The standard InChI is InChI=1S/C21H16BrFN2O2/c22-19-12-17(16-6-2-1-3-7-16)9-10-20(19)27-14-21(26)25-24-13-15-5-4-8-18(23)11-15/h1-13H,14H2,(H,25,26)/b24-13+. The lowest BCUT2D eigenvalue weighted by Gasteiger charge is -2.09. The Hall–Kier alpha value is -2.99. The number of hydrogen-bond acceptors (Lipinski definition) is 3. The first-order valence-corrected chi connectivity index (χ1v) is 8.96. The van der Waals surface area contributed by atoms with Crippen LogP contribution in [-0.2, 0) is 4.79 Å². The number of ether oxygens (including phenoxy) is 1. The number of hydrazone groups is 1. The molecular weight excluding hydrogens is 411 g/mol. The van der Waals surface area contributed by atoms with Gasteiger partial charge in [0.1, 0.15) is 11.6 Å². The molecule has 4 nitrogen and oxygen atoms in total. The van der Waals surface area contributed by atoms with E-state index in [1.165, 1.54) is 18.3 Å². The van der Waals surface area contributed by atoms with Crippen molar-refractivity contribution < 1.29 is 13.9 Å². The van der Waals surface area contributed by atoms with Crippen molar-refractivity contribution in [3.05, 3.63) is 88.6 Å². The van der Waals surface area contributed by atoms with Gasteiger partial charge in [0.2, 0.25) is 0 Å². The maximum atomic E-state index is 13.1. The molecule has 0 aromatic heterocycles. The minimum atomic E-state index is -0.415. The summed E-state index contributed by atoms with van der Waals surface area (Å²) in [6.45, 7) is -0.191. The van der Waals surface area contributed by atoms with Gasteiger partial charge in [0.25, 0.3) is 5.91 Å². The predicted molar refractivity (Wildman–Crippen MR) is 107 cm³/mol. The number of benzene rings is 3. The minimum absolute atomic E-state index is 0.191. The smallest absolute Gasteiger partial charge is 0.277 e. The first-order chi connectivity index (χ1) is 13.1. The first-order valence-electron chi connectivity index (χ1n) is 8.17. The number of hydrogen-bond donors (Lipinski definition) is 1. The normalized spacial score (nSPS) is 10.7. The lowest BCUT2D eigenvalue weighted by Crippen LogP contribution is -2.24. The van der Waals surface area contributed by atoms with Crippen molar-refractivity contribution in [2.75, 3.05) is 6.61 Å². The lowest BCUT2D eigenvalue weighted by molar-refractivity contribution is -0.123. The number of carbonyl (C=O) groups is 1. The van der Waals surface area contributed by atoms with E-state index in [4.69, 9.17) is 4.74 Å². The number of nitrogens with zero attached hydrogens (tertiary/aromatic N) is 1. The van der Waals surface area contributed by atoms with Crippen LogP contribution in [-0.4, -0.2) is 18.7 Å². The van der Waals surface area contributed by atoms with Crippen LogP contribution in [0.15, 0.2) is 82.4 Å². The maximum Gasteiger partial charge on any atom is 0.277 e. The second-order valence-corrected chi connectivity index (χ2v) is 6.50. The molecule has 0 heterocycles. The zero-order valence-corrected chi connectivity index (χ0v) is 15.8. The van der Waals surface area contributed by atoms with Gasteiger partial charge in [-0.25, -0.2) is 9.82 Å². The zero-order chi connectivity index (χ0) is 19.1. The van der Waals surface area contributed by atoms with Crippen molar-refractivity contribution in [1.82, 2.24) is 5.43 Å². The molecule has 0 atom stereocenters. The van der Waals surface area contributed by atoms with E-state index in [0.717, 1.165) is 15.6 Å². The van der Waals surface area contributed by atoms with E-state index in [0.29, 0.717) is 11.3 Å². The average molecular weight is 427 g/mol. The summed E-state index contributed by atoms with van der Waals surface area (Å²) in [5, 5.41) is 3.79. The minimum Gasteiger partial charge on any atom is -0.483 e. The number of halogens is 2. The van der Waals surface area contributed by atoms with E-state index in [9.17, 15) is 9.18 Å². The van der Waals surface area contributed by atoms with Crippen LogP contribution in [0, 0.1) is 5.82 Å². The van der Waals surface area contributed by atoms with Gasteiger partial charge in [-0.1, -0.05) is 48.5 Å². The molecule has 0 bridgehead atoms. The molecule has 0 saturated heterocycles. The highest BCUT2D eigenvalue weighted by Gasteiger charge is 2.07. The molecule has 0 radical (unpaired) electrons. The van der Waals surface area contributed by atoms with Crippen LogP contribution < -0.4 is 10.2 Å². The summed E-state index contributed by atoms with van der Waals surface area (Å²) in [5.41, 5.74) is 5.03. The average Bonchev–Trinajstić information content (AvgIpc) is 2.68. The first kappa shape index (κ1) is 18.8. The predicted octanol–water partition coefficient (Wildman–Crippen LogP) is 4.78. The summed E-state index contributed by atoms with van der Waals surface area (Å²) >= 11 is 3.46. The quantitative estimate of drug-likeness (QED) is 0.455. The van der Waals surface area contributed by atoms with Crippen LogP contribution in [0.25, 0.3) is 11.1 Å². The molecule has 0 spiro atoms. The highest BCUT2D eigenvalue weighted by molar-refractivity contribution is 9.10. The second kappa shape index (κ2) is 9.09. The van der Waals surface area contributed by atoms with Crippen molar-refractivity contribution in [2.45, 2.75) is 0 Å². The van der Waals surface area contributed by atoms with E-state index in [2.05, 4.69) is 26.5 Å². The van der Waals surface area contributed by atoms with E-state index >= 15 is 0 Å². The van der Waals surface area contributed by atoms with Gasteiger partial charge in [0.15, 0.2) is 6.61 Å². The summed E-state index contributed by atoms with van der Waals surface area (Å²) < 4.78 is 19.3. The molecule has 3 aromatic carbocycles. The Labute approximate surface area is 164 Å². The monoisotopic (exact) mass is 426 g/mol. The Morgan fingerprint density at radius 1 is 1.04 bits per heavy atom. The molecule has 3 aromatic rings. The van der Waals surface area contributed by atoms with Gasteiger partial charge in [0, 0.05) is 0 Å². The fourth-order valence-electron chi connectivity index (χ4n) is 2.37. The zero-order valence-electron chi connectivity index (χ0n) is 14.2. The van der Waals surface area contributed by atoms with Crippen molar-refractivity contribution in [1.29, 1.82) is 0 Å². The van der Waals surface area contributed by atoms with E-state index < -0.39 is 5.91 Å². The third-order valence-electron chi connectivity index (χ3n) is 3.65. The number of rotatable bonds is 6. The molecule has 3 rings (SSSR count). The van der Waals surface area contributed by atoms with Crippen LogP contribution in [0.3, 0.4) is 0 Å². The van der Waals surface area contributed by atoms with Crippen molar-refractivity contribution in [3.63, 3.8) is 0 Å². The molecule has 1 N–H and O–H groups in total. The third kappa shape index (κ3) is 5.49. The Morgan fingerprint density at radius 3 is 2.59 bits per heavy atom. The van der Waals surface area contributed by atoms with E-state index in [-0.39, 0.29) is 12.4 Å². The van der Waals surface area contributed by atoms with Gasteiger partial charge in [-0.05, 0) is 56.9 Å². The Bertz CT molecular complexity index is 961. The van der Waals surface area contributed by atoms with Crippen molar-refractivity contribution >= 4 is 28.1 Å². The third-order valence-corrected chi connectivity index (χ3v) is 4.27. The lowest BCUT2D eigenvalue weighted by atomic mass is 10.1. The fourth-order valence-corrected chi connectivity index (χ4v) is 2.86. The van der Waals surface area contributed by atoms with E-state index in [1.54, 1.807) is 18.2 Å². The van der Waals surface area contributed by atoms with Crippen LogP contribution in [0.2, 0.25) is 0 Å². The largest absolute Gasteiger partial charge is 0.483 e. The van der Waals surface area contributed by atoms with Gasteiger partial charge in [-0.2, -0.15) is 5.10 Å². The maximum absolute atomic E-state index is 13.1. The second-order valence-electron chi connectivity index (χ2n) is 5.65. The Kier molecular flexibility index (Phi) is 6.33. The molecule has 0 aliphatic rings. The molecule has 0 unspecified atom stereocenters. The summed E-state index contributed by atoms with van der Waals surface area (Å²) in [6, 6.07) is 21.5. The Morgan fingerprint density at radius 2 is 1.85 bits per heavy atom. The highest BCUT2D eigenvalue weighted by atomic mass is 79.9. The van der Waals surface area contributed by atoms with Gasteiger partial charge in [-0.15, -0.1) is 0 Å². The summed E-state index contributed by atoms with van der Waals surface area (Å²) in [6.07, 6.45) is 1.37. The topological polar surface area (TPSA) is 50.7 Å². The van der Waals surface area contributed by atoms with Gasteiger partial charge in [0.05, 0.1) is 10.7 Å². The van der Waals surface area contributed by atoms with Crippen LogP contribution >= 0.6 is 15.9 Å². The Balaban J connectivity index is 1.54. The molecule has 1 amide bonds. The van der Waals surface area contributed by atoms with Crippen LogP contribution in [0.5, 0.6) is 5.75 Å². The molecule has 0 aliphatic heterocycles. The van der Waals surface area contributed by atoms with Gasteiger partial charge >= 0.3 is 0 Å². The highest BCUT2D eigenvalue weighted by Crippen LogP contribution is 2.30. The number of amides is 1. The van der Waals surface area contributed by atoms with Gasteiger partial charge < -0.3 is 4.74 Å². The summed E-state index contributed by atoms with van der Waals surface area (Å²) in [4.78, 5) is 11.8. The van der Waals surface area contributed by atoms with Gasteiger partial charge in [-0.3, -0.25) is 4.79 Å². The fraction of sp³-hybridized carbons (Fsp3) is 0.0476. The molecular formula is C21H16BrFN2O2. The molecule has 6 heteroatoms. The van der Waals surface area contributed by atoms with Crippen molar-refractivity contribution in [3.8, 4) is 16.9 Å². The molecule has 136 valence electrons. The van der Waals surface area contributed by atoms with Crippen molar-refractivity contribution in [2.24, 2.45) is 5.10 Å². The van der Waals surface area contributed by atoms with Crippen LogP contribution in [0.4, 0.5) is 4.39 Å². The van der Waals surface area contributed by atoms with Crippen LogP contribution in [0.1, 0.15) is 5.56 Å². The summed E-state index contributed by atoms with van der Waals surface area (Å²) in [7, 11) is 0. The number of carbonyl (C=O) groups excluding carboxylic acids is 1. The SMILES string of the molecule is O=C(COc1ccc(-c2ccccc2)cc1Br)N/N=C/c1cccc(F)c1. The summed E-state index contributed by atoms with van der Waals surface area (Å²) in [5.74, 6) is -0.224. The molecule has 27 heavy (non-hydrogen) atoms.